The normalized spacial score (nSPS) is 11.8. The molecule has 1 aromatic rings. The molecule has 1 aromatic carbocycles. The van der Waals surface area contributed by atoms with Gasteiger partial charge in [-0.1, -0.05) is 12.1 Å². The predicted molar refractivity (Wildman–Crippen MR) is 77.9 cm³/mol. The summed E-state index contributed by atoms with van der Waals surface area (Å²) in [5, 5.41) is 18.3. The van der Waals surface area contributed by atoms with E-state index in [4.69, 9.17) is 5.11 Å². The molecule has 0 unspecified atom stereocenters. The zero-order valence-electron chi connectivity index (χ0n) is 11.8. The first-order chi connectivity index (χ1) is 9.38. The van der Waals surface area contributed by atoms with Gasteiger partial charge in [0.1, 0.15) is 0 Å². The van der Waals surface area contributed by atoms with Crippen molar-refractivity contribution >= 4 is 10.0 Å². The molecule has 0 saturated carbocycles. The fourth-order valence-corrected chi connectivity index (χ4v) is 3.69. The smallest absolute Gasteiger partial charge is 0.243 e. The van der Waals surface area contributed by atoms with Crippen LogP contribution in [0.3, 0.4) is 0 Å². The van der Waals surface area contributed by atoms with E-state index in [1.807, 2.05) is 6.92 Å². The highest BCUT2D eigenvalue weighted by Crippen LogP contribution is 2.23. The van der Waals surface area contributed by atoms with Crippen LogP contribution in [-0.2, 0) is 16.6 Å². The summed E-state index contributed by atoms with van der Waals surface area (Å²) in [6.07, 6.45) is 1.48. The molecule has 0 aliphatic heterocycles. The van der Waals surface area contributed by atoms with Gasteiger partial charge in [-0.2, -0.15) is 4.31 Å². The van der Waals surface area contributed by atoms with Crippen LogP contribution in [-0.4, -0.2) is 42.6 Å². The number of aliphatic hydroxyl groups excluding tert-OH is 2. The van der Waals surface area contributed by atoms with Gasteiger partial charge in [-0.3, -0.25) is 0 Å². The minimum absolute atomic E-state index is 0.0100. The Kier molecular flexibility index (Phi) is 5.88. The lowest BCUT2D eigenvalue weighted by atomic mass is 10.1. The van der Waals surface area contributed by atoms with Crippen molar-refractivity contribution in [1.29, 1.82) is 0 Å². The van der Waals surface area contributed by atoms with Gasteiger partial charge in [0.25, 0.3) is 0 Å². The predicted octanol–water partition coefficient (Wildman–Crippen LogP) is 0.965. The average Bonchev–Trinajstić information content (AvgIpc) is 2.38. The van der Waals surface area contributed by atoms with Gasteiger partial charge in [0.15, 0.2) is 0 Å². The number of sulfonamides is 1. The molecule has 0 heterocycles. The maximum Gasteiger partial charge on any atom is 0.243 e. The van der Waals surface area contributed by atoms with E-state index >= 15 is 0 Å². The van der Waals surface area contributed by atoms with Crippen LogP contribution in [0.5, 0.6) is 0 Å². The fourth-order valence-electron chi connectivity index (χ4n) is 2.03. The number of hydrogen-bond donors (Lipinski definition) is 2. The zero-order valence-corrected chi connectivity index (χ0v) is 12.7. The molecule has 0 aliphatic rings. The van der Waals surface area contributed by atoms with Gasteiger partial charge in [0.2, 0.25) is 10.0 Å². The molecule has 0 bridgehead atoms. The lowest BCUT2D eigenvalue weighted by Gasteiger charge is -2.21. The quantitative estimate of drug-likeness (QED) is 0.735. The van der Waals surface area contributed by atoms with Crippen molar-refractivity contribution in [1.82, 2.24) is 4.31 Å². The van der Waals surface area contributed by atoms with E-state index in [9.17, 15) is 13.5 Å². The summed E-state index contributed by atoms with van der Waals surface area (Å²) in [5.74, 6) is 0. The first kappa shape index (κ1) is 16.8. The second-order valence-electron chi connectivity index (χ2n) is 4.58. The number of rotatable bonds is 7. The lowest BCUT2D eigenvalue weighted by molar-refractivity contribution is 0.260. The molecule has 0 atom stereocenters. The van der Waals surface area contributed by atoms with E-state index in [1.54, 1.807) is 13.0 Å². The Morgan fingerprint density at radius 3 is 2.40 bits per heavy atom. The number of hydrogen-bond acceptors (Lipinski definition) is 4. The second-order valence-corrected chi connectivity index (χ2v) is 6.48. The van der Waals surface area contributed by atoms with E-state index in [0.717, 1.165) is 5.56 Å². The largest absolute Gasteiger partial charge is 0.395 e. The third kappa shape index (κ3) is 3.46. The molecule has 0 radical (unpaired) electrons. The molecule has 0 amide bonds. The van der Waals surface area contributed by atoms with Crippen LogP contribution in [0.2, 0.25) is 0 Å². The molecule has 20 heavy (non-hydrogen) atoms. The van der Waals surface area contributed by atoms with Crippen LogP contribution in [0.1, 0.15) is 16.7 Å². The maximum atomic E-state index is 12.6. The van der Waals surface area contributed by atoms with Crippen LogP contribution >= 0.6 is 0 Å². The molecule has 5 nitrogen and oxygen atoms in total. The first-order valence-corrected chi connectivity index (χ1v) is 7.75. The van der Waals surface area contributed by atoms with E-state index < -0.39 is 10.0 Å². The first-order valence-electron chi connectivity index (χ1n) is 6.31. The van der Waals surface area contributed by atoms with Crippen molar-refractivity contribution in [2.24, 2.45) is 0 Å². The molecular formula is C14H21NO4S. The van der Waals surface area contributed by atoms with Crippen molar-refractivity contribution < 1.29 is 18.6 Å². The second kappa shape index (κ2) is 6.99. The summed E-state index contributed by atoms with van der Waals surface area (Å²) in [7, 11) is -3.71. The molecule has 6 heteroatoms. The highest BCUT2D eigenvalue weighted by Gasteiger charge is 2.25. The lowest BCUT2D eigenvalue weighted by Crippen LogP contribution is -2.34. The molecular weight excluding hydrogens is 278 g/mol. The molecule has 0 aliphatic carbocycles. The highest BCUT2D eigenvalue weighted by atomic mass is 32.2. The minimum Gasteiger partial charge on any atom is -0.395 e. The topological polar surface area (TPSA) is 77.8 Å². The Labute approximate surface area is 120 Å². The fraction of sp³-hybridized carbons (Fsp3) is 0.429. The molecule has 0 spiro atoms. The SMILES string of the molecule is C=CCN(CCO)S(=O)(=O)c1cc(CO)c(C)cc1C. The summed E-state index contributed by atoms with van der Waals surface area (Å²) in [6, 6.07) is 3.23. The summed E-state index contributed by atoms with van der Waals surface area (Å²) in [5.41, 5.74) is 2.05. The number of aryl methyl sites for hydroxylation is 2. The molecule has 112 valence electrons. The number of aliphatic hydroxyl groups is 2. The van der Waals surface area contributed by atoms with Crippen molar-refractivity contribution in [3.8, 4) is 0 Å². The standard InChI is InChI=1S/C14H21NO4S/c1-4-5-15(6-7-16)20(18,19)14-9-13(10-17)11(2)8-12(14)3/h4,8-9,16-17H,1,5-7,10H2,2-3H3. The van der Waals surface area contributed by atoms with Gasteiger partial charge >= 0.3 is 0 Å². The van der Waals surface area contributed by atoms with E-state index in [2.05, 4.69) is 6.58 Å². The van der Waals surface area contributed by atoms with Crippen LogP contribution in [0, 0.1) is 13.8 Å². The third-order valence-corrected chi connectivity index (χ3v) is 5.11. The number of nitrogens with zero attached hydrogens (tertiary/aromatic N) is 1. The minimum atomic E-state index is -3.71. The average molecular weight is 299 g/mol. The van der Waals surface area contributed by atoms with Crippen LogP contribution in [0.15, 0.2) is 29.7 Å². The molecule has 0 fully saturated rings. The van der Waals surface area contributed by atoms with Gasteiger partial charge in [-0.15, -0.1) is 6.58 Å². The summed E-state index contributed by atoms with van der Waals surface area (Å²) >= 11 is 0. The third-order valence-electron chi connectivity index (χ3n) is 3.10. The number of benzene rings is 1. The molecule has 1 rings (SSSR count). The van der Waals surface area contributed by atoms with E-state index in [1.165, 1.54) is 16.4 Å². The van der Waals surface area contributed by atoms with Crippen molar-refractivity contribution in [2.45, 2.75) is 25.3 Å². The van der Waals surface area contributed by atoms with Crippen LogP contribution in [0.4, 0.5) is 0 Å². The van der Waals surface area contributed by atoms with E-state index in [0.29, 0.717) is 11.1 Å². The van der Waals surface area contributed by atoms with Gasteiger partial charge < -0.3 is 10.2 Å². The van der Waals surface area contributed by atoms with Crippen LogP contribution < -0.4 is 0 Å². The Balaban J connectivity index is 3.36. The monoisotopic (exact) mass is 299 g/mol. The van der Waals surface area contributed by atoms with E-state index in [-0.39, 0.29) is 31.2 Å². The van der Waals surface area contributed by atoms with Gasteiger partial charge in [-0.05, 0) is 36.6 Å². The van der Waals surface area contributed by atoms with Gasteiger partial charge in [-0.25, -0.2) is 8.42 Å². The zero-order chi connectivity index (χ0) is 15.3. The Hall–Kier alpha value is -1.21. The summed E-state index contributed by atoms with van der Waals surface area (Å²) < 4.78 is 26.4. The van der Waals surface area contributed by atoms with Gasteiger partial charge in [0.05, 0.1) is 18.1 Å². The highest BCUT2D eigenvalue weighted by molar-refractivity contribution is 7.89. The molecule has 0 saturated heterocycles. The summed E-state index contributed by atoms with van der Waals surface area (Å²) in [4.78, 5) is 0.155. The molecule has 2 N–H and O–H groups in total. The summed E-state index contributed by atoms with van der Waals surface area (Å²) in [6.45, 7) is 6.74. The van der Waals surface area contributed by atoms with Crippen molar-refractivity contribution in [3.63, 3.8) is 0 Å². The maximum absolute atomic E-state index is 12.6. The van der Waals surface area contributed by atoms with Crippen molar-refractivity contribution in [2.75, 3.05) is 19.7 Å². The van der Waals surface area contributed by atoms with Crippen LogP contribution in [0.25, 0.3) is 0 Å². The molecule has 0 aromatic heterocycles. The Morgan fingerprint density at radius 2 is 1.90 bits per heavy atom. The van der Waals surface area contributed by atoms with Crippen molar-refractivity contribution in [3.05, 3.63) is 41.5 Å². The Bertz CT molecular complexity index is 581. The Morgan fingerprint density at radius 1 is 1.25 bits per heavy atom. The van der Waals surface area contributed by atoms with Gasteiger partial charge in [0, 0.05) is 13.1 Å².